The van der Waals surface area contributed by atoms with Gasteiger partial charge in [-0.2, -0.15) is 0 Å². The number of carbonyl (C=O) groups is 2. The van der Waals surface area contributed by atoms with Crippen molar-refractivity contribution in [1.29, 1.82) is 5.41 Å². The highest BCUT2D eigenvalue weighted by atomic mass is 19.1. The third-order valence-electron chi connectivity index (χ3n) is 5.86. The Morgan fingerprint density at radius 1 is 0.925 bits per heavy atom. The smallest absolute Gasteiger partial charge is 0.356 e. The third-order valence-corrected chi connectivity index (χ3v) is 5.86. The van der Waals surface area contributed by atoms with Crippen molar-refractivity contribution < 1.29 is 32.9 Å². The van der Waals surface area contributed by atoms with E-state index in [2.05, 4.69) is 5.32 Å². The molecule has 0 aliphatic rings. The summed E-state index contributed by atoms with van der Waals surface area (Å²) in [5.41, 5.74) is 2.89. The van der Waals surface area contributed by atoms with Gasteiger partial charge in [-0.15, -0.1) is 0 Å². The van der Waals surface area contributed by atoms with E-state index in [-0.39, 0.29) is 31.4 Å². The fraction of sp³-hybridized carbons (Fsp3) is 0.323. The fourth-order valence-corrected chi connectivity index (χ4v) is 3.98. The summed E-state index contributed by atoms with van der Waals surface area (Å²) in [5.74, 6) is 0.0997. The lowest BCUT2D eigenvalue weighted by atomic mass is 9.99. The number of aryl methyl sites for hydroxylation is 1. The molecule has 40 heavy (non-hydrogen) atoms. The minimum atomic E-state index is -0.987. The van der Waals surface area contributed by atoms with Crippen LogP contribution in [0.25, 0.3) is 0 Å². The van der Waals surface area contributed by atoms with Crippen molar-refractivity contribution in [2.45, 2.75) is 39.8 Å². The Labute approximate surface area is 233 Å². The van der Waals surface area contributed by atoms with Crippen LogP contribution in [0.3, 0.4) is 0 Å². The Morgan fingerprint density at radius 2 is 1.65 bits per heavy atom. The standard InChI is InChI=1S/C31H35FN2O6/c1-4-7-22-18-23(29(35)21-8-11-25(32)12-9-21)10-15-28(22)40-17-16-39-26-13-14-27(24(19-26)20-33)34-30(37-5-2)31(36)38-6-3/h8-15,18-20,30,33-34H,4-7,16-17H2,1-3H3. The summed E-state index contributed by atoms with van der Waals surface area (Å²) >= 11 is 0. The van der Waals surface area contributed by atoms with E-state index in [1.165, 1.54) is 24.3 Å². The van der Waals surface area contributed by atoms with Crippen LogP contribution in [0.2, 0.25) is 0 Å². The molecule has 3 aromatic carbocycles. The number of benzene rings is 3. The molecule has 212 valence electrons. The number of esters is 1. The Hall–Kier alpha value is -4.24. The average Bonchev–Trinajstić information content (AvgIpc) is 2.96. The molecule has 0 radical (unpaired) electrons. The Kier molecular flexibility index (Phi) is 11.6. The fourth-order valence-electron chi connectivity index (χ4n) is 3.98. The van der Waals surface area contributed by atoms with Gasteiger partial charge in [-0.3, -0.25) is 4.79 Å². The van der Waals surface area contributed by atoms with E-state index in [0.29, 0.717) is 40.5 Å². The summed E-state index contributed by atoms with van der Waals surface area (Å²) < 4.78 is 35.5. The van der Waals surface area contributed by atoms with Crippen molar-refractivity contribution in [2.75, 3.05) is 31.7 Å². The number of ether oxygens (including phenoxy) is 4. The van der Waals surface area contributed by atoms with Crippen LogP contribution in [0.15, 0.2) is 60.7 Å². The molecule has 0 saturated heterocycles. The first kappa shape index (κ1) is 30.3. The summed E-state index contributed by atoms with van der Waals surface area (Å²) in [6, 6.07) is 15.9. The van der Waals surface area contributed by atoms with E-state index in [0.717, 1.165) is 24.6 Å². The number of anilines is 1. The average molecular weight is 551 g/mol. The van der Waals surface area contributed by atoms with Gasteiger partial charge in [0.25, 0.3) is 0 Å². The first-order valence-electron chi connectivity index (χ1n) is 13.3. The monoisotopic (exact) mass is 550 g/mol. The van der Waals surface area contributed by atoms with Crippen LogP contribution in [-0.2, 0) is 20.7 Å². The molecule has 1 unspecified atom stereocenters. The van der Waals surface area contributed by atoms with E-state index in [1.54, 1.807) is 44.2 Å². The quantitative estimate of drug-likeness (QED) is 0.0763. The number of hydrogen-bond acceptors (Lipinski definition) is 8. The Bertz CT molecular complexity index is 1300. The second-order valence-electron chi connectivity index (χ2n) is 8.73. The zero-order valence-corrected chi connectivity index (χ0v) is 23.0. The first-order chi connectivity index (χ1) is 19.4. The molecule has 0 aliphatic carbocycles. The van der Waals surface area contributed by atoms with Crippen molar-refractivity contribution in [1.82, 2.24) is 0 Å². The van der Waals surface area contributed by atoms with Gasteiger partial charge >= 0.3 is 5.97 Å². The van der Waals surface area contributed by atoms with E-state index in [1.807, 2.05) is 13.0 Å². The van der Waals surface area contributed by atoms with Crippen molar-refractivity contribution in [2.24, 2.45) is 0 Å². The largest absolute Gasteiger partial charge is 0.490 e. The van der Waals surface area contributed by atoms with Gasteiger partial charge in [-0.05, 0) is 86.5 Å². The summed E-state index contributed by atoms with van der Waals surface area (Å²) in [5, 5.41) is 10.7. The lowest BCUT2D eigenvalue weighted by Gasteiger charge is -2.19. The van der Waals surface area contributed by atoms with E-state index in [9.17, 15) is 14.0 Å². The number of rotatable bonds is 16. The molecule has 0 amide bonds. The topological polar surface area (TPSA) is 107 Å². The molecule has 3 rings (SSSR count). The maximum Gasteiger partial charge on any atom is 0.356 e. The normalized spacial score (nSPS) is 11.4. The Morgan fingerprint density at radius 3 is 2.33 bits per heavy atom. The third kappa shape index (κ3) is 8.38. The SMILES string of the molecule is CCCc1cc(C(=O)c2ccc(F)cc2)ccc1OCCOc1ccc(NC(OCC)C(=O)OCC)c(C=N)c1. The number of ketones is 1. The van der Waals surface area contributed by atoms with Gasteiger partial charge in [0.05, 0.1) is 6.61 Å². The number of hydrogen-bond donors (Lipinski definition) is 2. The van der Waals surface area contributed by atoms with Crippen LogP contribution in [-0.4, -0.2) is 50.6 Å². The molecule has 0 fully saturated rings. The van der Waals surface area contributed by atoms with Gasteiger partial charge in [0, 0.05) is 35.2 Å². The van der Waals surface area contributed by atoms with E-state index < -0.39 is 12.2 Å². The first-order valence-corrected chi connectivity index (χ1v) is 13.3. The highest BCUT2D eigenvalue weighted by molar-refractivity contribution is 6.09. The van der Waals surface area contributed by atoms with Crippen molar-refractivity contribution in [3.8, 4) is 11.5 Å². The molecule has 3 aromatic rings. The molecular weight excluding hydrogens is 515 g/mol. The predicted molar refractivity (Wildman–Crippen MR) is 151 cm³/mol. The van der Waals surface area contributed by atoms with Gasteiger partial charge in [0.1, 0.15) is 30.5 Å². The van der Waals surface area contributed by atoms with Gasteiger partial charge in [0.15, 0.2) is 5.78 Å². The minimum absolute atomic E-state index is 0.179. The van der Waals surface area contributed by atoms with Gasteiger partial charge in [-0.25, -0.2) is 9.18 Å². The Balaban J connectivity index is 1.61. The van der Waals surface area contributed by atoms with E-state index >= 15 is 0 Å². The van der Waals surface area contributed by atoms with Crippen molar-refractivity contribution >= 4 is 23.7 Å². The van der Waals surface area contributed by atoms with Crippen LogP contribution < -0.4 is 14.8 Å². The number of nitrogens with one attached hydrogen (secondary N) is 2. The van der Waals surface area contributed by atoms with Gasteiger partial charge in [-0.1, -0.05) is 13.3 Å². The van der Waals surface area contributed by atoms with E-state index in [4.69, 9.17) is 24.4 Å². The van der Waals surface area contributed by atoms with Crippen molar-refractivity contribution in [3.05, 3.63) is 88.7 Å². The predicted octanol–water partition coefficient (Wildman–Crippen LogP) is 5.80. The molecule has 0 heterocycles. The maximum atomic E-state index is 13.2. The molecule has 2 N–H and O–H groups in total. The molecule has 0 spiro atoms. The summed E-state index contributed by atoms with van der Waals surface area (Å²) in [7, 11) is 0. The molecule has 8 nitrogen and oxygen atoms in total. The number of halogens is 1. The molecular formula is C31H35FN2O6. The lowest BCUT2D eigenvalue weighted by molar-refractivity contribution is -0.154. The summed E-state index contributed by atoms with van der Waals surface area (Å²) in [4.78, 5) is 25.0. The molecule has 9 heteroatoms. The minimum Gasteiger partial charge on any atom is -0.490 e. The van der Waals surface area contributed by atoms with Crippen molar-refractivity contribution in [3.63, 3.8) is 0 Å². The second kappa shape index (κ2) is 15.4. The van der Waals surface area contributed by atoms with Gasteiger partial charge < -0.3 is 29.7 Å². The van der Waals surface area contributed by atoms with Crippen LogP contribution in [0.4, 0.5) is 10.1 Å². The number of carbonyl (C=O) groups excluding carboxylic acids is 2. The molecule has 0 saturated carbocycles. The lowest BCUT2D eigenvalue weighted by Crippen LogP contribution is -2.34. The van der Waals surface area contributed by atoms with Crippen LogP contribution in [0.5, 0.6) is 11.5 Å². The second-order valence-corrected chi connectivity index (χ2v) is 8.73. The zero-order chi connectivity index (χ0) is 28.9. The van der Waals surface area contributed by atoms with Gasteiger partial charge in [0.2, 0.25) is 6.23 Å². The highest BCUT2D eigenvalue weighted by Crippen LogP contribution is 2.25. The molecule has 0 bridgehead atoms. The summed E-state index contributed by atoms with van der Waals surface area (Å²) in [6.07, 6.45) is 1.77. The molecule has 0 aromatic heterocycles. The molecule has 1 atom stereocenters. The van der Waals surface area contributed by atoms with Crippen LogP contribution >= 0.6 is 0 Å². The molecule has 0 aliphatic heterocycles. The van der Waals surface area contributed by atoms with Crippen LogP contribution in [0, 0.1) is 11.2 Å². The maximum absolute atomic E-state index is 13.2. The summed E-state index contributed by atoms with van der Waals surface area (Å²) in [6.45, 7) is 6.59. The van der Waals surface area contributed by atoms with Crippen LogP contribution in [0.1, 0.15) is 54.2 Å². The highest BCUT2D eigenvalue weighted by Gasteiger charge is 2.21. The zero-order valence-electron chi connectivity index (χ0n) is 23.0.